The number of benzene rings is 8. The van der Waals surface area contributed by atoms with Crippen LogP contribution in [0.3, 0.4) is 0 Å². The predicted molar refractivity (Wildman–Crippen MR) is 220 cm³/mol. The van der Waals surface area contributed by atoms with Crippen LogP contribution < -0.4 is 0 Å². The third kappa shape index (κ3) is 4.54. The maximum Gasteiger partial charge on any atom is 0.164 e. The maximum absolute atomic E-state index is 10.2. The molecule has 1 heterocycles. The van der Waals surface area contributed by atoms with Crippen molar-refractivity contribution < 1.29 is 0 Å². The molecule has 0 amide bonds. The molecule has 4 nitrogen and oxygen atoms in total. The minimum Gasteiger partial charge on any atom is -0.208 e. The van der Waals surface area contributed by atoms with Gasteiger partial charge in [0, 0.05) is 16.7 Å². The Morgan fingerprint density at radius 2 is 0.855 bits per heavy atom. The van der Waals surface area contributed by atoms with Crippen LogP contribution >= 0.6 is 0 Å². The predicted octanol–water partition coefficient (Wildman–Crippen LogP) is 11.9. The molecule has 1 aromatic heterocycles. The molecule has 11 rings (SSSR count). The molecule has 55 heavy (non-hydrogen) atoms. The van der Waals surface area contributed by atoms with Crippen molar-refractivity contribution in [1.82, 2.24) is 15.0 Å². The number of fused-ring (bicyclic) bond motifs is 12. The summed E-state index contributed by atoms with van der Waals surface area (Å²) in [6, 6.07) is 66.2. The average molecular weight is 699 g/mol. The molecular weight excluding hydrogens is 669 g/mol. The zero-order chi connectivity index (χ0) is 36.5. The van der Waals surface area contributed by atoms with Gasteiger partial charge in [0.05, 0.1) is 17.0 Å². The van der Waals surface area contributed by atoms with Crippen LogP contribution in [0, 0.1) is 11.3 Å². The number of nitrogens with zero attached hydrogens (tertiary/aromatic N) is 4. The van der Waals surface area contributed by atoms with Gasteiger partial charge in [-0.2, -0.15) is 5.26 Å². The summed E-state index contributed by atoms with van der Waals surface area (Å²) in [4.78, 5) is 14.9. The molecule has 2 aliphatic carbocycles. The molecule has 0 fully saturated rings. The van der Waals surface area contributed by atoms with E-state index in [0.717, 1.165) is 33.4 Å². The molecular formula is C51H30N4. The lowest BCUT2D eigenvalue weighted by Crippen LogP contribution is -2.26. The summed E-state index contributed by atoms with van der Waals surface area (Å²) >= 11 is 0. The second-order valence-corrected chi connectivity index (χ2v) is 14.2. The first-order valence-electron chi connectivity index (χ1n) is 18.5. The standard InChI is InChI=1S/C51H30N4/c52-31-32-23-28-41-45(29-32)51(43-21-11-9-18-38(43)39-19-10-12-22-44(39)51)46-30-42(37-17-7-8-20-40(37)47(41)46)33-24-26-36(27-25-33)50-54-48(34-13-3-1-4-14-34)53-49(55-50)35-15-5-2-6-16-35/h1-30H. The molecule has 0 atom stereocenters. The normalized spacial score (nSPS) is 12.9. The zero-order valence-corrected chi connectivity index (χ0v) is 29.6. The number of hydrogen-bond acceptors (Lipinski definition) is 4. The summed E-state index contributed by atoms with van der Waals surface area (Å²) in [7, 11) is 0. The Morgan fingerprint density at radius 1 is 0.364 bits per heavy atom. The van der Waals surface area contributed by atoms with Crippen molar-refractivity contribution in [3.05, 3.63) is 210 Å². The van der Waals surface area contributed by atoms with Crippen LogP contribution in [0.2, 0.25) is 0 Å². The van der Waals surface area contributed by atoms with Gasteiger partial charge in [0.1, 0.15) is 0 Å². The van der Waals surface area contributed by atoms with Crippen molar-refractivity contribution in [3.63, 3.8) is 0 Å². The minimum absolute atomic E-state index is 0.573. The van der Waals surface area contributed by atoms with Gasteiger partial charge in [-0.1, -0.05) is 164 Å². The van der Waals surface area contributed by atoms with Crippen molar-refractivity contribution in [3.8, 4) is 73.6 Å². The van der Waals surface area contributed by atoms with Gasteiger partial charge in [-0.15, -0.1) is 0 Å². The lowest BCUT2D eigenvalue weighted by Gasteiger charge is -2.31. The lowest BCUT2D eigenvalue weighted by molar-refractivity contribution is 0.794. The Morgan fingerprint density at radius 3 is 1.44 bits per heavy atom. The van der Waals surface area contributed by atoms with Gasteiger partial charge in [-0.25, -0.2) is 15.0 Å². The zero-order valence-electron chi connectivity index (χ0n) is 29.6. The van der Waals surface area contributed by atoms with Crippen LogP contribution in [0.25, 0.3) is 78.3 Å². The first-order chi connectivity index (χ1) is 27.2. The number of hydrogen-bond donors (Lipinski definition) is 0. The molecule has 0 bridgehead atoms. The van der Waals surface area contributed by atoms with E-state index in [0.29, 0.717) is 23.0 Å². The molecule has 0 radical (unpaired) electrons. The van der Waals surface area contributed by atoms with Crippen molar-refractivity contribution in [1.29, 1.82) is 5.26 Å². The average Bonchev–Trinajstić information content (AvgIpc) is 3.73. The molecule has 0 unspecified atom stereocenters. The number of aromatic nitrogens is 3. The maximum atomic E-state index is 10.2. The quantitative estimate of drug-likeness (QED) is 0.184. The van der Waals surface area contributed by atoms with E-state index in [9.17, 15) is 5.26 Å². The second-order valence-electron chi connectivity index (χ2n) is 14.2. The summed E-state index contributed by atoms with van der Waals surface area (Å²) in [5.74, 6) is 1.90. The molecule has 8 aromatic carbocycles. The van der Waals surface area contributed by atoms with Crippen molar-refractivity contribution in [2.75, 3.05) is 0 Å². The monoisotopic (exact) mass is 698 g/mol. The molecule has 2 aliphatic rings. The third-order valence-electron chi connectivity index (χ3n) is 11.4. The first-order valence-corrected chi connectivity index (χ1v) is 18.5. The lowest BCUT2D eigenvalue weighted by atomic mass is 9.69. The van der Waals surface area contributed by atoms with Crippen molar-refractivity contribution in [2.45, 2.75) is 5.41 Å². The fourth-order valence-corrected chi connectivity index (χ4v) is 9.04. The van der Waals surface area contributed by atoms with Crippen LogP contribution in [0.4, 0.5) is 0 Å². The smallest absolute Gasteiger partial charge is 0.164 e. The molecule has 1 spiro atoms. The summed E-state index contributed by atoms with van der Waals surface area (Å²) in [6.45, 7) is 0. The van der Waals surface area contributed by atoms with E-state index >= 15 is 0 Å². The van der Waals surface area contributed by atoms with E-state index in [4.69, 9.17) is 15.0 Å². The molecule has 9 aromatic rings. The number of rotatable bonds is 4. The van der Waals surface area contributed by atoms with Gasteiger partial charge in [0.25, 0.3) is 0 Å². The summed E-state index contributed by atoms with van der Waals surface area (Å²) in [6.07, 6.45) is 0. The fraction of sp³-hybridized carbons (Fsp3) is 0.0196. The Balaban J connectivity index is 1.13. The summed E-state index contributed by atoms with van der Waals surface area (Å²) < 4.78 is 0. The molecule has 4 heteroatoms. The van der Waals surface area contributed by atoms with Crippen LogP contribution in [-0.2, 0) is 5.41 Å². The van der Waals surface area contributed by atoms with E-state index in [1.54, 1.807) is 0 Å². The topological polar surface area (TPSA) is 62.5 Å². The van der Waals surface area contributed by atoms with Gasteiger partial charge in [-0.05, 0) is 84.6 Å². The largest absolute Gasteiger partial charge is 0.208 e. The summed E-state index contributed by atoms with van der Waals surface area (Å²) in [5, 5.41) is 12.5. The van der Waals surface area contributed by atoms with Crippen molar-refractivity contribution in [2.24, 2.45) is 0 Å². The highest BCUT2D eigenvalue weighted by atomic mass is 15.0. The Labute approximate surface area is 318 Å². The highest BCUT2D eigenvalue weighted by Crippen LogP contribution is 2.64. The van der Waals surface area contributed by atoms with Gasteiger partial charge in [0.2, 0.25) is 0 Å². The molecule has 254 valence electrons. The van der Waals surface area contributed by atoms with Crippen LogP contribution in [0.5, 0.6) is 0 Å². The van der Waals surface area contributed by atoms with Crippen LogP contribution in [-0.4, -0.2) is 15.0 Å². The van der Waals surface area contributed by atoms with Gasteiger partial charge in [0.15, 0.2) is 17.5 Å². The molecule has 0 N–H and O–H groups in total. The second kappa shape index (κ2) is 12.0. The van der Waals surface area contributed by atoms with E-state index in [2.05, 4.69) is 121 Å². The van der Waals surface area contributed by atoms with Gasteiger partial charge < -0.3 is 0 Å². The highest BCUT2D eigenvalue weighted by Gasteiger charge is 2.52. The van der Waals surface area contributed by atoms with E-state index in [1.165, 1.54) is 49.7 Å². The van der Waals surface area contributed by atoms with Crippen LogP contribution in [0.1, 0.15) is 27.8 Å². The van der Waals surface area contributed by atoms with E-state index in [-0.39, 0.29) is 0 Å². The minimum atomic E-state index is -0.573. The SMILES string of the molecule is N#Cc1ccc2c(c1)C1(c3ccccc3-c3ccccc31)c1cc(-c3ccc(-c4nc(-c5ccccc5)nc(-c5ccccc5)n4)cc3)c3ccccc3c1-2. The first kappa shape index (κ1) is 31.1. The van der Waals surface area contributed by atoms with E-state index < -0.39 is 5.41 Å². The Kier molecular flexibility index (Phi) is 6.80. The molecule has 0 saturated heterocycles. The Bertz CT molecular complexity index is 2930. The van der Waals surface area contributed by atoms with Crippen molar-refractivity contribution >= 4 is 10.8 Å². The Hall–Kier alpha value is -7.48. The fourth-order valence-electron chi connectivity index (χ4n) is 9.04. The highest BCUT2D eigenvalue weighted by molar-refractivity contribution is 6.11. The van der Waals surface area contributed by atoms with Crippen LogP contribution in [0.15, 0.2) is 182 Å². The molecule has 0 saturated carbocycles. The number of nitriles is 1. The summed E-state index contributed by atoms with van der Waals surface area (Å²) in [5.41, 5.74) is 14.9. The third-order valence-corrected chi connectivity index (χ3v) is 11.4. The van der Waals surface area contributed by atoms with E-state index in [1.807, 2.05) is 66.7 Å². The molecule has 0 aliphatic heterocycles. The van der Waals surface area contributed by atoms with Gasteiger partial charge in [-0.3, -0.25) is 0 Å². The van der Waals surface area contributed by atoms with Gasteiger partial charge >= 0.3 is 0 Å².